The number of rotatable bonds is 2. The quantitative estimate of drug-likeness (QED) is 0.875. The zero-order chi connectivity index (χ0) is 10.9. The molecule has 0 aromatic carbocycles. The van der Waals surface area contributed by atoms with Gasteiger partial charge in [-0.1, -0.05) is 19.3 Å². The van der Waals surface area contributed by atoms with Crippen LogP contribution in [0.15, 0.2) is 10.5 Å². The van der Waals surface area contributed by atoms with Crippen LogP contribution in [0.3, 0.4) is 0 Å². The third-order valence-corrected chi connectivity index (χ3v) is 5.96. The molecule has 15 heavy (non-hydrogen) atoms. The van der Waals surface area contributed by atoms with Crippen LogP contribution in [0.25, 0.3) is 0 Å². The van der Waals surface area contributed by atoms with Crippen LogP contribution in [-0.2, 0) is 5.41 Å². The standard InChI is InChI=1S/C12H18BrNS/c1-9-10(13)7-11(15-9)12(8-14)5-3-2-4-6-12/h7H,2-6,8,14H2,1H3. The molecule has 1 aromatic rings. The van der Waals surface area contributed by atoms with E-state index in [1.807, 2.05) is 11.3 Å². The van der Waals surface area contributed by atoms with Gasteiger partial charge in [-0.2, -0.15) is 0 Å². The van der Waals surface area contributed by atoms with Crippen molar-refractivity contribution in [1.82, 2.24) is 0 Å². The van der Waals surface area contributed by atoms with Gasteiger partial charge in [0, 0.05) is 26.2 Å². The van der Waals surface area contributed by atoms with Gasteiger partial charge < -0.3 is 5.73 Å². The predicted molar refractivity (Wildman–Crippen MR) is 70.6 cm³/mol. The minimum Gasteiger partial charge on any atom is -0.330 e. The molecule has 0 unspecified atom stereocenters. The lowest BCUT2D eigenvalue weighted by Gasteiger charge is -2.35. The number of nitrogens with two attached hydrogens (primary N) is 1. The first-order chi connectivity index (χ1) is 7.18. The van der Waals surface area contributed by atoms with Crippen molar-refractivity contribution in [2.24, 2.45) is 5.73 Å². The van der Waals surface area contributed by atoms with Gasteiger partial charge in [0.05, 0.1) is 0 Å². The van der Waals surface area contributed by atoms with Crippen molar-refractivity contribution < 1.29 is 0 Å². The summed E-state index contributed by atoms with van der Waals surface area (Å²) in [6.07, 6.45) is 6.61. The molecule has 2 N–H and O–H groups in total. The van der Waals surface area contributed by atoms with E-state index in [1.54, 1.807) is 0 Å². The van der Waals surface area contributed by atoms with E-state index in [1.165, 1.54) is 46.3 Å². The van der Waals surface area contributed by atoms with E-state index in [0.717, 1.165) is 6.54 Å². The van der Waals surface area contributed by atoms with Gasteiger partial charge in [-0.25, -0.2) is 0 Å². The van der Waals surface area contributed by atoms with Gasteiger partial charge in [-0.15, -0.1) is 11.3 Å². The molecule has 1 saturated carbocycles. The first-order valence-corrected chi connectivity index (χ1v) is 7.25. The number of halogens is 1. The highest BCUT2D eigenvalue weighted by molar-refractivity contribution is 9.10. The van der Waals surface area contributed by atoms with Gasteiger partial charge in [-0.3, -0.25) is 0 Å². The Morgan fingerprint density at radius 1 is 1.40 bits per heavy atom. The fraction of sp³-hybridized carbons (Fsp3) is 0.667. The van der Waals surface area contributed by atoms with Crippen molar-refractivity contribution in [3.05, 3.63) is 20.3 Å². The highest BCUT2D eigenvalue weighted by Gasteiger charge is 2.34. The summed E-state index contributed by atoms with van der Waals surface area (Å²) < 4.78 is 1.25. The first kappa shape index (κ1) is 11.6. The fourth-order valence-electron chi connectivity index (χ4n) is 2.50. The van der Waals surface area contributed by atoms with Crippen molar-refractivity contribution in [3.8, 4) is 0 Å². The summed E-state index contributed by atoms with van der Waals surface area (Å²) in [7, 11) is 0. The molecule has 1 heterocycles. The van der Waals surface area contributed by atoms with Crippen LogP contribution < -0.4 is 5.73 Å². The lowest BCUT2D eigenvalue weighted by Crippen LogP contribution is -2.36. The van der Waals surface area contributed by atoms with Gasteiger partial charge in [0.25, 0.3) is 0 Å². The Labute approximate surface area is 104 Å². The van der Waals surface area contributed by atoms with Gasteiger partial charge in [0.15, 0.2) is 0 Å². The van der Waals surface area contributed by atoms with Crippen molar-refractivity contribution in [3.63, 3.8) is 0 Å². The van der Waals surface area contributed by atoms with Crippen LogP contribution in [0.5, 0.6) is 0 Å². The molecule has 0 aliphatic heterocycles. The van der Waals surface area contributed by atoms with E-state index < -0.39 is 0 Å². The summed E-state index contributed by atoms with van der Waals surface area (Å²) in [5.74, 6) is 0. The summed E-state index contributed by atoms with van der Waals surface area (Å²) in [5.41, 5.74) is 6.31. The van der Waals surface area contributed by atoms with Crippen LogP contribution in [0, 0.1) is 6.92 Å². The molecule has 1 fully saturated rings. The lowest BCUT2D eigenvalue weighted by atomic mass is 9.73. The topological polar surface area (TPSA) is 26.0 Å². The number of aryl methyl sites for hydroxylation is 1. The Bertz CT molecular complexity index is 320. The minimum atomic E-state index is 0.291. The molecule has 0 spiro atoms. The molecule has 0 amide bonds. The van der Waals surface area contributed by atoms with Gasteiger partial charge in [0.1, 0.15) is 0 Å². The molecule has 1 aliphatic rings. The normalized spacial score (nSPS) is 20.5. The SMILES string of the molecule is Cc1sc(C2(CN)CCCCC2)cc1Br. The largest absolute Gasteiger partial charge is 0.330 e. The first-order valence-electron chi connectivity index (χ1n) is 5.64. The molecule has 0 bridgehead atoms. The van der Waals surface area contributed by atoms with Gasteiger partial charge in [-0.05, 0) is 41.8 Å². The maximum Gasteiger partial charge on any atom is 0.0314 e. The molecule has 0 atom stereocenters. The molecule has 84 valence electrons. The Hall–Kier alpha value is 0.140. The van der Waals surface area contributed by atoms with Gasteiger partial charge in [0.2, 0.25) is 0 Å². The Morgan fingerprint density at radius 3 is 2.53 bits per heavy atom. The maximum absolute atomic E-state index is 6.02. The number of hydrogen-bond donors (Lipinski definition) is 1. The molecule has 1 aromatic heterocycles. The molecular formula is C12H18BrNS. The van der Waals surface area contributed by atoms with E-state index in [0.29, 0.717) is 5.41 Å². The third kappa shape index (κ3) is 2.15. The Kier molecular flexibility index (Phi) is 3.53. The van der Waals surface area contributed by atoms with Crippen LogP contribution in [0.4, 0.5) is 0 Å². The summed E-state index contributed by atoms with van der Waals surface area (Å²) >= 11 is 5.52. The van der Waals surface area contributed by atoms with Crippen LogP contribution in [0.2, 0.25) is 0 Å². The molecule has 0 saturated heterocycles. The van der Waals surface area contributed by atoms with Crippen molar-refractivity contribution in [1.29, 1.82) is 0 Å². The Morgan fingerprint density at radius 2 is 2.07 bits per heavy atom. The van der Waals surface area contributed by atoms with Gasteiger partial charge >= 0.3 is 0 Å². The zero-order valence-electron chi connectivity index (χ0n) is 9.18. The second-order valence-corrected chi connectivity index (χ2v) is 6.67. The van der Waals surface area contributed by atoms with E-state index in [2.05, 4.69) is 28.9 Å². The molecule has 3 heteroatoms. The predicted octanol–water partition coefficient (Wildman–Crippen LogP) is 3.98. The average Bonchev–Trinajstić information content (AvgIpc) is 2.61. The summed E-state index contributed by atoms with van der Waals surface area (Å²) in [4.78, 5) is 2.87. The highest BCUT2D eigenvalue weighted by atomic mass is 79.9. The number of hydrogen-bond acceptors (Lipinski definition) is 2. The van der Waals surface area contributed by atoms with E-state index in [4.69, 9.17) is 5.73 Å². The van der Waals surface area contributed by atoms with Crippen molar-refractivity contribution in [2.75, 3.05) is 6.54 Å². The van der Waals surface area contributed by atoms with E-state index >= 15 is 0 Å². The zero-order valence-corrected chi connectivity index (χ0v) is 11.6. The van der Waals surface area contributed by atoms with Crippen LogP contribution >= 0.6 is 27.3 Å². The lowest BCUT2D eigenvalue weighted by molar-refractivity contribution is 0.306. The number of thiophene rings is 1. The average molecular weight is 288 g/mol. The summed E-state index contributed by atoms with van der Waals surface area (Å²) in [6.45, 7) is 2.98. The van der Waals surface area contributed by atoms with Crippen molar-refractivity contribution >= 4 is 27.3 Å². The van der Waals surface area contributed by atoms with Crippen LogP contribution in [0.1, 0.15) is 41.9 Å². The molecule has 1 nitrogen and oxygen atoms in total. The Balaban J connectivity index is 2.32. The second-order valence-electron chi connectivity index (χ2n) is 4.56. The third-order valence-electron chi connectivity index (χ3n) is 3.58. The highest BCUT2D eigenvalue weighted by Crippen LogP contribution is 2.43. The molecule has 2 rings (SSSR count). The van der Waals surface area contributed by atoms with E-state index in [9.17, 15) is 0 Å². The molecule has 0 radical (unpaired) electrons. The maximum atomic E-state index is 6.02. The summed E-state index contributed by atoms with van der Waals surface area (Å²) in [6, 6.07) is 2.29. The van der Waals surface area contributed by atoms with E-state index in [-0.39, 0.29) is 0 Å². The summed E-state index contributed by atoms with van der Waals surface area (Å²) in [5, 5.41) is 0. The monoisotopic (exact) mass is 287 g/mol. The molecule has 1 aliphatic carbocycles. The minimum absolute atomic E-state index is 0.291. The second kappa shape index (κ2) is 4.56. The van der Waals surface area contributed by atoms with Crippen LogP contribution in [-0.4, -0.2) is 6.54 Å². The van der Waals surface area contributed by atoms with Crippen molar-refractivity contribution in [2.45, 2.75) is 44.4 Å². The molecular weight excluding hydrogens is 270 g/mol. The fourth-order valence-corrected chi connectivity index (χ4v) is 4.29. The smallest absolute Gasteiger partial charge is 0.0314 e.